The van der Waals surface area contributed by atoms with Crippen LogP contribution in [-0.2, 0) is 16.0 Å². The maximum absolute atomic E-state index is 12.6. The van der Waals surface area contributed by atoms with Gasteiger partial charge in [0.2, 0.25) is 5.91 Å². The zero-order valence-corrected chi connectivity index (χ0v) is 13.2. The normalized spacial score (nSPS) is 25.4. The number of likely N-dealkylation sites (tertiary alicyclic amines) is 1. The summed E-state index contributed by atoms with van der Waals surface area (Å²) in [6.45, 7) is 3.33. The molecule has 0 aliphatic carbocycles. The number of benzene rings is 1. The lowest BCUT2D eigenvalue weighted by Gasteiger charge is -2.28. The predicted octanol–water partition coefficient (Wildman–Crippen LogP) is 1.99. The van der Waals surface area contributed by atoms with Crippen molar-refractivity contribution in [2.45, 2.75) is 44.2 Å². The first-order valence-electron chi connectivity index (χ1n) is 8.48. The number of carbonyl (C=O) groups excluding carboxylic acids is 1. The van der Waals surface area contributed by atoms with Gasteiger partial charge in [-0.15, -0.1) is 0 Å². The number of nitrogens with one attached hydrogen (secondary N) is 1. The molecule has 0 radical (unpaired) electrons. The van der Waals surface area contributed by atoms with Crippen LogP contribution < -0.4 is 5.32 Å². The van der Waals surface area contributed by atoms with Gasteiger partial charge in [-0.2, -0.15) is 0 Å². The molecule has 3 rings (SSSR count). The van der Waals surface area contributed by atoms with Crippen LogP contribution in [0.3, 0.4) is 0 Å². The van der Waals surface area contributed by atoms with E-state index in [9.17, 15) is 4.79 Å². The minimum atomic E-state index is 0.0524. The molecule has 1 aromatic rings. The molecule has 2 fully saturated rings. The summed E-state index contributed by atoms with van der Waals surface area (Å²) < 4.78 is 5.66. The van der Waals surface area contributed by atoms with E-state index < -0.39 is 0 Å². The van der Waals surface area contributed by atoms with Crippen LogP contribution in [0.4, 0.5) is 0 Å². The van der Waals surface area contributed by atoms with Gasteiger partial charge in [-0.05, 0) is 31.2 Å². The van der Waals surface area contributed by atoms with E-state index >= 15 is 0 Å². The first kappa shape index (κ1) is 15.5. The van der Waals surface area contributed by atoms with Crippen LogP contribution in [-0.4, -0.2) is 49.2 Å². The summed E-state index contributed by atoms with van der Waals surface area (Å²) in [5, 5.41) is 3.29. The summed E-state index contributed by atoms with van der Waals surface area (Å²) >= 11 is 0. The monoisotopic (exact) mass is 302 g/mol. The fourth-order valence-corrected chi connectivity index (χ4v) is 3.50. The SMILES string of the molecule is O=C(C[C@H]1CNCCO1)N1CCC[C@H]1CCc1ccccc1. The molecule has 0 saturated carbocycles. The highest BCUT2D eigenvalue weighted by Gasteiger charge is 2.30. The lowest BCUT2D eigenvalue weighted by Crippen LogP contribution is -2.43. The van der Waals surface area contributed by atoms with Crippen molar-refractivity contribution < 1.29 is 9.53 Å². The molecule has 2 saturated heterocycles. The van der Waals surface area contributed by atoms with Gasteiger partial charge in [0.1, 0.15) is 0 Å². The van der Waals surface area contributed by atoms with Crippen molar-refractivity contribution in [2.75, 3.05) is 26.2 Å². The standard InChI is InChI=1S/C18H26N2O2/c21-18(13-17-14-19-10-12-22-17)20-11-4-7-16(20)9-8-15-5-2-1-3-6-15/h1-3,5-6,16-17,19H,4,7-14H2/t16-,17-/m0/s1. The van der Waals surface area contributed by atoms with Crippen LogP contribution in [0.5, 0.6) is 0 Å². The van der Waals surface area contributed by atoms with Crippen LogP contribution in [0.2, 0.25) is 0 Å². The summed E-state index contributed by atoms with van der Waals surface area (Å²) in [7, 11) is 0. The van der Waals surface area contributed by atoms with Gasteiger partial charge in [-0.25, -0.2) is 0 Å². The van der Waals surface area contributed by atoms with E-state index in [0.29, 0.717) is 12.5 Å². The van der Waals surface area contributed by atoms with Crippen LogP contribution in [0, 0.1) is 0 Å². The minimum absolute atomic E-state index is 0.0524. The van der Waals surface area contributed by atoms with Crippen molar-refractivity contribution >= 4 is 5.91 Å². The maximum atomic E-state index is 12.6. The number of hydrogen-bond donors (Lipinski definition) is 1. The smallest absolute Gasteiger partial charge is 0.225 e. The van der Waals surface area contributed by atoms with Crippen molar-refractivity contribution in [3.63, 3.8) is 0 Å². The fourth-order valence-electron chi connectivity index (χ4n) is 3.50. The fraction of sp³-hybridized carbons (Fsp3) is 0.611. The van der Waals surface area contributed by atoms with Crippen molar-refractivity contribution in [1.82, 2.24) is 10.2 Å². The van der Waals surface area contributed by atoms with E-state index in [1.54, 1.807) is 0 Å². The second-order valence-electron chi connectivity index (χ2n) is 6.31. The molecule has 120 valence electrons. The Hall–Kier alpha value is -1.39. The molecular formula is C18H26N2O2. The molecule has 2 aliphatic heterocycles. The van der Waals surface area contributed by atoms with Crippen molar-refractivity contribution in [3.05, 3.63) is 35.9 Å². The molecule has 4 heteroatoms. The zero-order chi connectivity index (χ0) is 15.2. The second kappa shape index (κ2) is 7.75. The van der Waals surface area contributed by atoms with E-state index in [1.807, 2.05) is 6.07 Å². The third kappa shape index (κ3) is 4.08. The van der Waals surface area contributed by atoms with E-state index in [1.165, 1.54) is 5.56 Å². The maximum Gasteiger partial charge on any atom is 0.225 e. The van der Waals surface area contributed by atoms with E-state index in [-0.39, 0.29) is 12.0 Å². The average molecular weight is 302 g/mol. The Morgan fingerprint density at radius 1 is 1.32 bits per heavy atom. The second-order valence-corrected chi connectivity index (χ2v) is 6.31. The number of ether oxygens (including phenoxy) is 1. The Labute approximate surface area is 132 Å². The van der Waals surface area contributed by atoms with Crippen LogP contribution in [0.1, 0.15) is 31.2 Å². The van der Waals surface area contributed by atoms with Gasteiger partial charge in [0.25, 0.3) is 0 Å². The third-order valence-corrected chi connectivity index (χ3v) is 4.71. The molecule has 2 heterocycles. The summed E-state index contributed by atoms with van der Waals surface area (Å²) in [4.78, 5) is 14.7. The Kier molecular flexibility index (Phi) is 5.46. The quantitative estimate of drug-likeness (QED) is 0.904. The molecular weight excluding hydrogens is 276 g/mol. The molecule has 1 amide bonds. The van der Waals surface area contributed by atoms with Gasteiger partial charge in [-0.1, -0.05) is 30.3 Å². The lowest BCUT2D eigenvalue weighted by atomic mass is 10.0. The predicted molar refractivity (Wildman–Crippen MR) is 86.7 cm³/mol. The number of aryl methyl sites for hydroxylation is 1. The summed E-state index contributed by atoms with van der Waals surface area (Å²) in [6.07, 6.45) is 4.97. The molecule has 4 nitrogen and oxygen atoms in total. The highest BCUT2D eigenvalue weighted by atomic mass is 16.5. The number of morpholine rings is 1. The van der Waals surface area contributed by atoms with Crippen molar-refractivity contribution in [2.24, 2.45) is 0 Å². The number of amides is 1. The van der Waals surface area contributed by atoms with Crippen LogP contribution in [0.25, 0.3) is 0 Å². The first-order valence-corrected chi connectivity index (χ1v) is 8.48. The Balaban J connectivity index is 1.50. The Morgan fingerprint density at radius 3 is 2.95 bits per heavy atom. The van der Waals surface area contributed by atoms with E-state index in [4.69, 9.17) is 4.74 Å². The number of rotatable bonds is 5. The van der Waals surface area contributed by atoms with Crippen molar-refractivity contribution in [3.8, 4) is 0 Å². The topological polar surface area (TPSA) is 41.6 Å². The lowest BCUT2D eigenvalue weighted by molar-refractivity contribution is -0.135. The first-order chi connectivity index (χ1) is 10.8. The minimum Gasteiger partial charge on any atom is -0.375 e. The molecule has 0 spiro atoms. The van der Waals surface area contributed by atoms with E-state index in [2.05, 4.69) is 34.5 Å². The molecule has 2 atom stereocenters. The van der Waals surface area contributed by atoms with Crippen LogP contribution >= 0.6 is 0 Å². The highest BCUT2D eigenvalue weighted by Crippen LogP contribution is 2.23. The molecule has 0 aromatic heterocycles. The van der Waals surface area contributed by atoms with Gasteiger partial charge in [-0.3, -0.25) is 4.79 Å². The number of nitrogens with zero attached hydrogens (tertiary/aromatic N) is 1. The summed E-state index contributed by atoms with van der Waals surface area (Å²) in [5.74, 6) is 0.268. The molecule has 0 bridgehead atoms. The third-order valence-electron chi connectivity index (χ3n) is 4.71. The van der Waals surface area contributed by atoms with Gasteiger partial charge >= 0.3 is 0 Å². The average Bonchev–Trinajstić information content (AvgIpc) is 3.03. The summed E-state index contributed by atoms with van der Waals surface area (Å²) in [6, 6.07) is 11.0. The zero-order valence-electron chi connectivity index (χ0n) is 13.2. The summed E-state index contributed by atoms with van der Waals surface area (Å²) in [5.41, 5.74) is 1.36. The van der Waals surface area contributed by atoms with E-state index in [0.717, 1.165) is 51.9 Å². The van der Waals surface area contributed by atoms with Gasteiger partial charge < -0.3 is 15.0 Å². The number of hydrogen-bond acceptors (Lipinski definition) is 3. The Morgan fingerprint density at radius 2 is 2.18 bits per heavy atom. The Bertz CT molecular complexity index is 471. The van der Waals surface area contributed by atoms with Crippen LogP contribution in [0.15, 0.2) is 30.3 Å². The number of carbonyl (C=O) groups is 1. The molecule has 1 aromatic carbocycles. The van der Waals surface area contributed by atoms with Gasteiger partial charge in [0.05, 0.1) is 19.1 Å². The highest BCUT2D eigenvalue weighted by molar-refractivity contribution is 5.77. The molecule has 1 N–H and O–H groups in total. The molecule has 22 heavy (non-hydrogen) atoms. The van der Waals surface area contributed by atoms with Gasteiger partial charge in [0, 0.05) is 25.7 Å². The van der Waals surface area contributed by atoms with Gasteiger partial charge in [0.15, 0.2) is 0 Å². The molecule has 0 unspecified atom stereocenters. The van der Waals surface area contributed by atoms with Crippen molar-refractivity contribution in [1.29, 1.82) is 0 Å². The molecule has 2 aliphatic rings. The largest absolute Gasteiger partial charge is 0.375 e.